The SMILES string of the molecule is Cc1nn(C)c(NC2CCCCCC2C(=O)O)c1C#N. The number of carboxylic acid groups (broad SMARTS) is 1. The number of carbonyl (C=O) groups is 1. The van der Waals surface area contributed by atoms with E-state index in [0.717, 1.165) is 25.7 Å². The summed E-state index contributed by atoms with van der Waals surface area (Å²) in [4.78, 5) is 11.4. The smallest absolute Gasteiger partial charge is 0.308 e. The van der Waals surface area contributed by atoms with E-state index in [1.807, 2.05) is 0 Å². The zero-order valence-corrected chi connectivity index (χ0v) is 11.9. The van der Waals surface area contributed by atoms with Crippen LogP contribution in [-0.2, 0) is 11.8 Å². The highest BCUT2D eigenvalue weighted by Crippen LogP contribution is 2.28. The number of aliphatic carboxylic acids is 1. The molecule has 0 aromatic carbocycles. The van der Waals surface area contributed by atoms with Crippen LogP contribution in [0, 0.1) is 24.2 Å². The molecule has 0 bridgehead atoms. The van der Waals surface area contributed by atoms with Crippen LogP contribution < -0.4 is 5.32 Å². The van der Waals surface area contributed by atoms with Crippen molar-refractivity contribution in [1.82, 2.24) is 9.78 Å². The van der Waals surface area contributed by atoms with Crippen molar-refractivity contribution in [2.24, 2.45) is 13.0 Å². The lowest BCUT2D eigenvalue weighted by Crippen LogP contribution is -2.34. The second-order valence-corrected chi connectivity index (χ2v) is 5.38. The summed E-state index contributed by atoms with van der Waals surface area (Å²) in [5, 5.41) is 26.1. The Balaban J connectivity index is 2.27. The van der Waals surface area contributed by atoms with Gasteiger partial charge in [0, 0.05) is 13.1 Å². The molecule has 1 aromatic rings. The molecule has 1 saturated carbocycles. The van der Waals surface area contributed by atoms with Gasteiger partial charge in [-0.1, -0.05) is 19.3 Å². The van der Waals surface area contributed by atoms with Gasteiger partial charge in [0.1, 0.15) is 17.5 Å². The molecule has 0 amide bonds. The van der Waals surface area contributed by atoms with Crippen LogP contribution in [0.3, 0.4) is 0 Å². The van der Waals surface area contributed by atoms with E-state index in [4.69, 9.17) is 0 Å². The number of aromatic nitrogens is 2. The van der Waals surface area contributed by atoms with E-state index in [-0.39, 0.29) is 6.04 Å². The van der Waals surface area contributed by atoms with Crippen LogP contribution in [0.4, 0.5) is 5.82 Å². The van der Waals surface area contributed by atoms with Gasteiger partial charge in [-0.15, -0.1) is 0 Å². The second-order valence-electron chi connectivity index (χ2n) is 5.38. The average molecular weight is 276 g/mol. The molecule has 0 aliphatic heterocycles. The van der Waals surface area contributed by atoms with Gasteiger partial charge in [-0.05, 0) is 19.8 Å². The van der Waals surface area contributed by atoms with Gasteiger partial charge >= 0.3 is 5.97 Å². The molecular formula is C14H20N4O2. The number of aryl methyl sites for hydroxylation is 2. The Morgan fingerprint density at radius 3 is 2.80 bits per heavy atom. The van der Waals surface area contributed by atoms with Gasteiger partial charge in [-0.25, -0.2) is 0 Å². The van der Waals surface area contributed by atoms with Gasteiger partial charge in [0.05, 0.1) is 11.6 Å². The van der Waals surface area contributed by atoms with Gasteiger partial charge in [0.2, 0.25) is 0 Å². The van der Waals surface area contributed by atoms with Crippen LogP contribution in [-0.4, -0.2) is 26.9 Å². The Labute approximate surface area is 118 Å². The molecule has 2 atom stereocenters. The summed E-state index contributed by atoms with van der Waals surface area (Å²) >= 11 is 0. The van der Waals surface area contributed by atoms with Crippen molar-refractivity contribution < 1.29 is 9.90 Å². The first-order valence-electron chi connectivity index (χ1n) is 6.97. The van der Waals surface area contributed by atoms with Gasteiger partial charge < -0.3 is 10.4 Å². The monoisotopic (exact) mass is 276 g/mol. The normalized spacial score (nSPS) is 22.9. The summed E-state index contributed by atoms with van der Waals surface area (Å²) in [6, 6.07) is 2.00. The zero-order chi connectivity index (χ0) is 14.7. The summed E-state index contributed by atoms with van der Waals surface area (Å²) in [6.07, 6.45) is 4.53. The number of rotatable bonds is 3. The number of nitrogens with one attached hydrogen (secondary N) is 1. The van der Waals surface area contributed by atoms with E-state index < -0.39 is 11.9 Å². The Morgan fingerprint density at radius 1 is 1.45 bits per heavy atom. The maximum atomic E-state index is 11.4. The van der Waals surface area contributed by atoms with Gasteiger partial charge in [0.15, 0.2) is 0 Å². The fourth-order valence-corrected chi connectivity index (χ4v) is 2.91. The lowest BCUT2D eigenvalue weighted by molar-refractivity contribution is -0.142. The molecule has 2 rings (SSSR count). The van der Waals surface area contributed by atoms with Crippen LogP contribution in [0.2, 0.25) is 0 Å². The van der Waals surface area contributed by atoms with Gasteiger partial charge in [-0.3, -0.25) is 9.48 Å². The van der Waals surface area contributed by atoms with Gasteiger partial charge in [-0.2, -0.15) is 10.4 Å². The van der Waals surface area contributed by atoms with E-state index in [1.165, 1.54) is 0 Å². The van der Waals surface area contributed by atoms with Crippen LogP contribution in [0.1, 0.15) is 43.4 Å². The van der Waals surface area contributed by atoms with Gasteiger partial charge in [0.25, 0.3) is 0 Å². The largest absolute Gasteiger partial charge is 0.481 e. The number of nitrogens with zero attached hydrogens (tertiary/aromatic N) is 3. The predicted molar refractivity (Wildman–Crippen MR) is 74.3 cm³/mol. The Bertz CT molecular complexity index is 544. The summed E-state index contributed by atoms with van der Waals surface area (Å²) in [6.45, 7) is 1.78. The van der Waals surface area contributed by atoms with E-state index >= 15 is 0 Å². The van der Waals surface area contributed by atoms with Crippen molar-refractivity contribution in [3.63, 3.8) is 0 Å². The number of carboxylic acids is 1. The molecule has 6 heteroatoms. The number of anilines is 1. The Morgan fingerprint density at radius 2 is 2.15 bits per heavy atom. The first-order valence-corrected chi connectivity index (χ1v) is 6.97. The minimum absolute atomic E-state index is 0.142. The number of hydrogen-bond donors (Lipinski definition) is 2. The summed E-state index contributed by atoms with van der Waals surface area (Å²) in [5.41, 5.74) is 1.17. The molecule has 1 aliphatic carbocycles. The van der Waals surface area contributed by atoms with E-state index in [2.05, 4.69) is 16.5 Å². The summed E-state index contributed by atoms with van der Waals surface area (Å²) in [7, 11) is 1.77. The third-order valence-electron chi connectivity index (χ3n) is 3.99. The number of hydrogen-bond acceptors (Lipinski definition) is 4. The minimum atomic E-state index is -0.762. The Kier molecular flexibility index (Phi) is 4.28. The van der Waals surface area contributed by atoms with Crippen molar-refractivity contribution in [2.45, 2.75) is 45.1 Å². The first-order chi connectivity index (χ1) is 9.54. The second kappa shape index (κ2) is 5.95. The van der Waals surface area contributed by atoms with Crippen LogP contribution in [0.15, 0.2) is 0 Å². The topological polar surface area (TPSA) is 90.9 Å². The van der Waals surface area contributed by atoms with Crippen molar-refractivity contribution >= 4 is 11.8 Å². The van der Waals surface area contributed by atoms with Crippen LogP contribution >= 0.6 is 0 Å². The number of nitriles is 1. The summed E-state index contributed by atoms with van der Waals surface area (Å²) < 4.78 is 1.62. The molecule has 2 unspecified atom stereocenters. The third-order valence-corrected chi connectivity index (χ3v) is 3.99. The van der Waals surface area contributed by atoms with E-state index in [1.54, 1.807) is 18.7 Å². The zero-order valence-electron chi connectivity index (χ0n) is 11.9. The lowest BCUT2D eigenvalue weighted by Gasteiger charge is -2.24. The van der Waals surface area contributed by atoms with Crippen molar-refractivity contribution in [1.29, 1.82) is 5.26 Å². The molecule has 6 nitrogen and oxygen atoms in total. The maximum absolute atomic E-state index is 11.4. The molecule has 2 N–H and O–H groups in total. The third kappa shape index (κ3) is 2.77. The highest BCUT2D eigenvalue weighted by molar-refractivity contribution is 5.72. The van der Waals surface area contributed by atoms with E-state index in [9.17, 15) is 15.2 Å². The molecule has 1 fully saturated rings. The lowest BCUT2D eigenvalue weighted by atomic mass is 9.95. The minimum Gasteiger partial charge on any atom is -0.481 e. The van der Waals surface area contributed by atoms with Crippen molar-refractivity contribution in [3.8, 4) is 6.07 Å². The quantitative estimate of drug-likeness (QED) is 0.824. The Hall–Kier alpha value is -2.03. The molecule has 0 saturated heterocycles. The predicted octanol–water partition coefficient (Wildman–Crippen LogP) is 2.05. The van der Waals surface area contributed by atoms with Crippen molar-refractivity contribution in [3.05, 3.63) is 11.3 Å². The highest BCUT2D eigenvalue weighted by Gasteiger charge is 2.30. The molecule has 0 spiro atoms. The molecule has 108 valence electrons. The highest BCUT2D eigenvalue weighted by atomic mass is 16.4. The fraction of sp³-hybridized carbons (Fsp3) is 0.643. The molecule has 20 heavy (non-hydrogen) atoms. The maximum Gasteiger partial charge on any atom is 0.308 e. The molecular weight excluding hydrogens is 256 g/mol. The van der Waals surface area contributed by atoms with Crippen LogP contribution in [0.5, 0.6) is 0 Å². The molecule has 0 radical (unpaired) electrons. The van der Waals surface area contributed by atoms with E-state index in [0.29, 0.717) is 23.5 Å². The first kappa shape index (κ1) is 14.4. The van der Waals surface area contributed by atoms with Crippen molar-refractivity contribution in [2.75, 3.05) is 5.32 Å². The standard InChI is InChI=1S/C14H20N4O2/c1-9-11(8-15)13(18(2)17-9)16-12-7-5-3-4-6-10(12)14(19)20/h10,12,16H,3-7H2,1-2H3,(H,19,20). The molecule has 1 aliphatic rings. The molecule has 1 heterocycles. The fourth-order valence-electron chi connectivity index (χ4n) is 2.91. The van der Waals surface area contributed by atoms with Crippen LogP contribution in [0.25, 0.3) is 0 Å². The average Bonchev–Trinajstić information content (AvgIpc) is 2.57. The molecule has 1 aromatic heterocycles. The summed E-state index contributed by atoms with van der Waals surface area (Å²) in [5.74, 6) is -0.538.